The third kappa shape index (κ3) is 4.39. The fourth-order valence-electron chi connectivity index (χ4n) is 3.10. The smallest absolute Gasteiger partial charge is 0.409 e. The minimum atomic E-state index is -0.290. The number of aryl methyl sites for hydroxylation is 1. The quantitative estimate of drug-likeness (QED) is 0.806. The molecule has 0 atom stereocenters. The summed E-state index contributed by atoms with van der Waals surface area (Å²) in [6.07, 6.45) is -0.290. The molecule has 1 aliphatic heterocycles. The van der Waals surface area contributed by atoms with Gasteiger partial charge in [-0.2, -0.15) is 0 Å². The van der Waals surface area contributed by atoms with Gasteiger partial charge in [0.2, 0.25) is 0 Å². The third-order valence-electron chi connectivity index (χ3n) is 4.62. The summed E-state index contributed by atoms with van der Waals surface area (Å²) in [5.41, 5.74) is 1.15. The first-order valence-electron chi connectivity index (χ1n) is 9.35. The van der Waals surface area contributed by atoms with E-state index in [1.54, 1.807) is 36.8 Å². The summed E-state index contributed by atoms with van der Waals surface area (Å²) in [4.78, 5) is 38.9. The van der Waals surface area contributed by atoms with E-state index in [0.717, 1.165) is 5.69 Å². The number of para-hydroxylation sites is 1. The second-order valence-electron chi connectivity index (χ2n) is 6.53. The molecule has 0 bridgehead atoms. The second kappa shape index (κ2) is 8.69. The van der Waals surface area contributed by atoms with E-state index in [0.29, 0.717) is 50.1 Å². The number of anilines is 2. The third-order valence-corrected chi connectivity index (χ3v) is 4.62. The molecule has 1 aliphatic rings. The molecule has 1 saturated heterocycles. The van der Waals surface area contributed by atoms with Crippen LogP contribution in [0, 0.1) is 6.92 Å². The van der Waals surface area contributed by atoms with Gasteiger partial charge in [0.15, 0.2) is 0 Å². The van der Waals surface area contributed by atoms with E-state index in [9.17, 15) is 9.59 Å². The van der Waals surface area contributed by atoms with Crippen LogP contribution in [0.1, 0.15) is 23.2 Å². The lowest BCUT2D eigenvalue weighted by atomic mass is 10.2. The SMILES string of the molecule is CCOC(=O)N1CCN(c2cc(C(=O)N(C)c3ccccc3)nc(C)n2)CC1. The van der Waals surface area contributed by atoms with Gasteiger partial charge in [0, 0.05) is 45.0 Å². The van der Waals surface area contributed by atoms with Crippen molar-refractivity contribution < 1.29 is 14.3 Å². The van der Waals surface area contributed by atoms with Crippen molar-refractivity contribution in [3.05, 3.63) is 47.9 Å². The molecule has 8 heteroatoms. The summed E-state index contributed by atoms with van der Waals surface area (Å²) in [7, 11) is 1.73. The highest BCUT2D eigenvalue weighted by Gasteiger charge is 2.24. The van der Waals surface area contributed by atoms with Gasteiger partial charge in [0.1, 0.15) is 17.3 Å². The van der Waals surface area contributed by atoms with Gasteiger partial charge in [-0.15, -0.1) is 0 Å². The maximum absolute atomic E-state index is 12.9. The van der Waals surface area contributed by atoms with Gasteiger partial charge in [-0.05, 0) is 26.0 Å². The fraction of sp³-hybridized carbons (Fsp3) is 0.400. The maximum Gasteiger partial charge on any atom is 0.409 e. The first kappa shape index (κ1) is 19.6. The van der Waals surface area contributed by atoms with E-state index in [-0.39, 0.29) is 12.0 Å². The molecule has 2 aromatic rings. The predicted octanol–water partition coefficient (Wildman–Crippen LogP) is 2.34. The standard InChI is InChI=1S/C20H25N5O3/c1-4-28-20(27)25-12-10-24(11-13-25)18-14-17(21-15(2)22-18)19(26)23(3)16-8-6-5-7-9-16/h5-9,14H,4,10-13H2,1-3H3. The Morgan fingerprint density at radius 2 is 1.79 bits per heavy atom. The number of amides is 2. The molecule has 8 nitrogen and oxygen atoms in total. The number of piperazine rings is 1. The summed E-state index contributed by atoms with van der Waals surface area (Å²) in [6.45, 7) is 6.28. The number of carbonyl (C=O) groups excluding carboxylic acids is 2. The van der Waals surface area contributed by atoms with Crippen molar-refractivity contribution in [3.63, 3.8) is 0 Å². The number of hydrogen-bond donors (Lipinski definition) is 0. The Hall–Kier alpha value is -3.16. The van der Waals surface area contributed by atoms with Crippen LogP contribution < -0.4 is 9.80 Å². The Bertz CT molecular complexity index is 835. The normalized spacial score (nSPS) is 14.0. The van der Waals surface area contributed by atoms with Gasteiger partial charge in [0.25, 0.3) is 5.91 Å². The van der Waals surface area contributed by atoms with Crippen LogP contribution >= 0.6 is 0 Å². The molecular weight excluding hydrogens is 358 g/mol. The molecular formula is C20H25N5O3. The molecule has 0 radical (unpaired) electrons. The lowest BCUT2D eigenvalue weighted by molar-refractivity contribution is 0.0987. The van der Waals surface area contributed by atoms with Crippen molar-refractivity contribution in [2.75, 3.05) is 49.6 Å². The van der Waals surface area contributed by atoms with E-state index in [1.165, 1.54) is 0 Å². The maximum atomic E-state index is 12.9. The number of aromatic nitrogens is 2. The molecule has 0 saturated carbocycles. The number of hydrogen-bond acceptors (Lipinski definition) is 6. The van der Waals surface area contributed by atoms with Gasteiger partial charge < -0.3 is 19.4 Å². The zero-order valence-electron chi connectivity index (χ0n) is 16.5. The van der Waals surface area contributed by atoms with Crippen molar-refractivity contribution in [1.29, 1.82) is 0 Å². The summed E-state index contributed by atoms with van der Waals surface area (Å²) in [6, 6.07) is 11.2. The Kier molecular flexibility index (Phi) is 6.08. The molecule has 1 aromatic heterocycles. The number of nitrogens with zero attached hydrogens (tertiary/aromatic N) is 5. The molecule has 0 spiro atoms. The Morgan fingerprint density at radius 1 is 1.11 bits per heavy atom. The summed E-state index contributed by atoms with van der Waals surface area (Å²) in [5.74, 6) is 1.04. The van der Waals surface area contributed by atoms with Gasteiger partial charge >= 0.3 is 6.09 Å². The number of benzene rings is 1. The molecule has 1 fully saturated rings. The average molecular weight is 383 g/mol. The highest BCUT2D eigenvalue weighted by Crippen LogP contribution is 2.19. The van der Waals surface area contributed by atoms with Crippen LogP contribution in [0.2, 0.25) is 0 Å². The van der Waals surface area contributed by atoms with E-state index >= 15 is 0 Å². The minimum absolute atomic E-state index is 0.192. The molecule has 1 aromatic carbocycles. The lowest BCUT2D eigenvalue weighted by Gasteiger charge is -2.34. The molecule has 148 valence electrons. The summed E-state index contributed by atoms with van der Waals surface area (Å²) >= 11 is 0. The lowest BCUT2D eigenvalue weighted by Crippen LogP contribution is -2.49. The van der Waals surface area contributed by atoms with Crippen LogP contribution in [0.3, 0.4) is 0 Å². The van der Waals surface area contributed by atoms with Crippen molar-refractivity contribution in [2.24, 2.45) is 0 Å². The first-order valence-corrected chi connectivity index (χ1v) is 9.35. The second-order valence-corrected chi connectivity index (χ2v) is 6.53. The van der Waals surface area contributed by atoms with Crippen LogP contribution in [0.15, 0.2) is 36.4 Å². The summed E-state index contributed by atoms with van der Waals surface area (Å²) < 4.78 is 5.05. The zero-order valence-corrected chi connectivity index (χ0v) is 16.5. The molecule has 2 amide bonds. The van der Waals surface area contributed by atoms with Crippen LogP contribution in [0.5, 0.6) is 0 Å². The van der Waals surface area contributed by atoms with Crippen LogP contribution in [-0.2, 0) is 4.74 Å². The molecule has 28 heavy (non-hydrogen) atoms. The summed E-state index contributed by atoms with van der Waals surface area (Å²) in [5, 5.41) is 0. The Morgan fingerprint density at radius 3 is 2.43 bits per heavy atom. The monoisotopic (exact) mass is 383 g/mol. The molecule has 3 rings (SSSR count). The number of ether oxygens (including phenoxy) is 1. The van der Waals surface area contributed by atoms with Crippen LogP contribution in [0.25, 0.3) is 0 Å². The highest BCUT2D eigenvalue weighted by molar-refractivity contribution is 6.04. The molecule has 0 aliphatic carbocycles. The Balaban J connectivity index is 1.73. The molecule has 0 unspecified atom stereocenters. The zero-order chi connectivity index (χ0) is 20.1. The molecule has 2 heterocycles. The van der Waals surface area contributed by atoms with Crippen molar-refractivity contribution in [2.45, 2.75) is 13.8 Å². The largest absolute Gasteiger partial charge is 0.450 e. The van der Waals surface area contributed by atoms with E-state index in [4.69, 9.17) is 4.74 Å². The van der Waals surface area contributed by atoms with Gasteiger partial charge in [-0.25, -0.2) is 14.8 Å². The van der Waals surface area contributed by atoms with Crippen molar-refractivity contribution >= 4 is 23.5 Å². The van der Waals surface area contributed by atoms with E-state index in [1.807, 2.05) is 30.3 Å². The van der Waals surface area contributed by atoms with E-state index < -0.39 is 0 Å². The first-order chi connectivity index (χ1) is 13.5. The van der Waals surface area contributed by atoms with Gasteiger partial charge in [0.05, 0.1) is 6.61 Å². The average Bonchev–Trinajstić information content (AvgIpc) is 2.73. The van der Waals surface area contributed by atoms with Gasteiger partial charge in [-0.3, -0.25) is 4.79 Å². The van der Waals surface area contributed by atoms with Crippen LogP contribution in [0.4, 0.5) is 16.3 Å². The van der Waals surface area contributed by atoms with Crippen LogP contribution in [-0.4, -0.2) is 66.7 Å². The highest BCUT2D eigenvalue weighted by atomic mass is 16.6. The van der Waals surface area contributed by atoms with E-state index in [2.05, 4.69) is 14.9 Å². The number of rotatable bonds is 4. The predicted molar refractivity (Wildman–Crippen MR) is 107 cm³/mol. The van der Waals surface area contributed by atoms with Crippen molar-refractivity contribution in [3.8, 4) is 0 Å². The number of carbonyl (C=O) groups is 2. The Labute approximate surface area is 164 Å². The van der Waals surface area contributed by atoms with Crippen molar-refractivity contribution in [1.82, 2.24) is 14.9 Å². The topological polar surface area (TPSA) is 78.9 Å². The molecule has 0 N–H and O–H groups in total. The van der Waals surface area contributed by atoms with Gasteiger partial charge in [-0.1, -0.05) is 18.2 Å². The fourth-order valence-corrected chi connectivity index (χ4v) is 3.10. The minimum Gasteiger partial charge on any atom is -0.450 e.